The number of fused-ring (bicyclic) bond motifs is 2. The van der Waals surface area contributed by atoms with E-state index in [1.54, 1.807) is 0 Å². The van der Waals surface area contributed by atoms with E-state index in [2.05, 4.69) is 6.08 Å². The average Bonchev–Trinajstić information content (AvgIpc) is 2.85. The first kappa shape index (κ1) is 12.8. The first-order valence-electron chi connectivity index (χ1n) is 6.77. The van der Waals surface area contributed by atoms with Gasteiger partial charge in [-0.25, -0.2) is 4.79 Å². The lowest BCUT2D eigenvalue weighted by Crippen LogP contribution is -2.25. The maximum Gasteiger partial charge on any atom is 0.338 e. The molecule has 1 fully saturated rings. The SMILES string of the molecule is O=C(O[C@@H]1C=C[C@H]2CC[C@@H]1C2)c1ccc([N+](=O)[O-])cc1. The molecule has 5 nitrogen and oxygen atoms in total. The van der Waals surface area contributed by atoms with Gasteiger partial charge >= 0.3 is 5.97 Å². The van der Waals surface area contributed by atoms with Gasteiger partial charge in [-0.3, -0.25) is 10.1 Å². The van der Waals surface area contributed by atoms with Gasteiger partial charge in [0.15, 0.2) is 0 Å². The molecule has 0 unspecified atom stereocenters. The zero-order valence-electron chi connectivity index (χ0n) is 10.9. The van der Waals surface area contributed by atoms with E-state index >= 15 is 0 Å². The first-order valence-corrected chi connectivity index (χ1v) is 6.77. The number of nitro groups is 1. The summed E-state index contributed by atoms with van der Waals surface area (Å²) in [6.45, 7) is 0. The molecular formula is C15H15NO4. The molecule has 20 heavy (non-hydrogen) atoms. The summed E-state index contributed by atoms with van der Waals surface area (Å²) in [5.41, 5.74) is 0.321. The van der Waals surface area contributed by atoms with Crippen LogP contribution in [0.1, 0.15) is 29.6 Å². The summed E-state index contributed by atoms with van der Waals surface area (Å²) >= 11 is 0. The van der Waals surface area contributed by atoms with Gasteiger partial charge in [-0.2, -0.15) is 0 Å². The summed E-state index contributed by atoms with van der Waals surface area (Å²) in [6.07, 6.45) is 7.32. The van der Waals surface area contributed by atoms with Crippen molar-refractivity contribution in [3.05, 3.63) is 52.1 Å². The number of ether oxygens (including phenoxy) is 1. The van der Waals surface area contributed by atoms with Crippen molar-refractivity contribution < 1.29 is 14.5 Å². The maximum absolute atomic E-state index is 12.0. The Bertz CT molecular complexity index is 564. The molecule has 0 heterocycles. The molecular weight excluding hydrogens is 258 g/mol. The van der Waals surface area contributed by atoms with E-state index in [1.165, 1.54) is 30.7 Å². The molecule has 1 saturated carbocycles. The Morgan fingerprint density at radius 2 is 1.95 bits per heavy atom. The molecule has 104 valence electrons. The Labute approximate surface area is 116 Å². The van der Waals surface area contributed by atoms with E-state index in [0.717, 1.165) is 12.8 Å². The number of hydrogen-bond acceptors (Lipinski definition) is 4. The van der Waals surface area contributed by atoms with Crippen LogP contribution in [0.2, 0.25) is 0 Å². The van der Waals surface area contributed by atoms with Crippen LogP contribution in [0.25, 0.3) is 0 Å². The lowest BCUT2D eigenvalue weighted by Gasteiger charge is -2.23. The van der Waals surface area contributed by atoms with Crippen molar-refractivity contribution in [1.29, 1.82) is 0 Å². The van der Waals surface area contributed by atoms with Gasteiger partial charge in [0.2, 0.25) is 0 Å². The van der Waals surface area contributed by atoms with E-state index in [-0.39, 0.29) is 11.8 Å². The molecule has 0 aliphatic heterocycles. The molecule has 0 amide bonds. The van der Waals surface area contributed by atoms with Crippen LogP contribution in [-0.4, -0.2) is 17.0 Å². The van der Waals surface area contributed by atoms with E-state index in [9.17, 15) is 14.9 Å². The van der Waals surface area contributed by atoms with Gasteiger partial charge in [0.25, 0.3) is 5.69 Å². The highest BCUT2D eigenvalue weighted by atomic mass is 16.6. The number of esters is 1. The van der Waals surface area contributed by atoms with Crippen molar-refractivity contribution in [2.45, 2.75) is 25.4 Å². The van der Waals surface area contributed by atoms with Crippen LogP contribution in [0, 0.1) is 22.0 Å². The second-order valence-electron chi connectivity index (χ2n) is 5.39. The number of carbonyl (C=O) groups excluding carboxylic acids is 1. The van der Waals surface area contributed by atoms with Gasteiger partial charge in [0, 0.05) is 18.1 Å². The smallest absolute Gasteiger partial charge is 0.338 e. The van der Waals surface area contributed by atoms with Crippen molar-refractivity contribution in [1.82, 2.24) is 0 Å². The van der Waals surface area contributed by atoms with Gasteiger partial charge in [-0.05, 0) is 43.4 Å². The molecule has 0 radical (unpaired) electrons. The van der Waals surface area contributed by atoms with Crippen LogP contribution in [-0.2, 0) is 4.74 Å². The Kier molecular flexibility index (Phi) is 3.26. The standard InChI is InChI=1S/C15H15NO4/c17-15(11-4-6-13(7-5-11)16(18)19)20-14-8-2-10-1-3-12(14)9-10/h2,4-8,10,12,14H,1,3,9H2/t10-,12-,14-/m1/s1. The molecule has 0 saturated heterocycles. The second kappa shape index (κ2) is 5.07. The summed E-state index contributed by atoms with van der Waals surface area (Å²) in [7, 11) is 0. The largest absolute Gasteiger partial charge is 0.454 e. The highest BCUT2D eigenvalue weighted by Gasteiger charge is 2.34. The lowest BCUT2D eigenvalue weighted by atomic mass is 9.93. The monoisotopic (exact) mass is 273 g/mol. The summed E-state index contributed by atoms with van der Waals surface area (Å²) in [6, 6.07) is 5.51. The highest BCUT2D eigenvalue weighted by Crippen LogP contribution is 2.39. The second-order valence-corrected chi connectivity index (χ2v) is 5.39. The maximum atomic E-state index is 12.0. The molecule has 1 aromatic rings. The Hall–Kier alpha value is -2.17. The van der Waals surface area contributed by atoms with Crippen molar-refractivity contribution in [2.24, 2.45) is 11.8 Å². The molecule has 0 spiro atoms. The van der Waals surface area contributed by atoms with Gasteiger partial charge < -0.3 is 4.74 Å². The van der Waals surface area contributed by atoms with Crippen molar-refractivity contribution in [3.63, 3.8) is 0 Å². The number of rotatable bonds is 3. The van der Waals surface area contributed by atoms with Gasteiger partial charge in [0.05, 0.1) is 10.5 Å². The third-order valence-corrected chi connectivity index (χ3v) is 4.11. The molecule has 0 N–H and O–H groups in total. The predicted molar refractivity (Wildman–Crippen MR) is 72.3 cm³/mol. The number of allylic oxidation sites excluding steroid dienone is 1. The molecule has 5 heteroatoms. The molecule has 2 bridgehead atoms. The fraction of sp³-hybridized carbons (Fsp3) is 0.400. The molecule has 1 aromatic carbocycles. The summed E-state index contributed by atoms with van der Waals surface area (Å²) in [5.74, 6) is 0.654. The minimum Gasteiger partial charge on any atom is -0.454 e. The van der Waals surface area contributed by atoms with Crippen LogP contribution in [0.3, 0.4) is 0 Å². The first-order chi connectivity index (χ1) is 9.63. The topological polar surface area (TPSA) is 69.4 Å². The van der Waals surface area contributed by atoms with E-state index in [1.807, 2.05) is 6.08 Å². The number of nitrogens with zero attached hydrogens (tertiary/aromatic N) is 1. The Balaban J connectivity index is 1.68. The summed E-state index contributed by atoms with van der Waals surface area (Å²) < 4.78 is 5.51. The van der Waals surface area contributed by atoms with Crippen LogP contribution >= 0.6 is 0 Å². The zero-order valence-corrected chi connectivity index (χ0v) is 10.9. The molecule has 0 aromatic heterocycles. The number of benzene rings is 1. The fourth-order valence-electron chi connectivity index (χ4n) is 3.00. The predicted octanol–water partition coefficient (Wildman–Crippen LogP) is 3.11. The normalized spacial score (nSPS) is 27.3. The average molecular weight is 273 g/mol. The van der Waals surface area contributed by atoms with E-state index in [0.29, 0.717) is 17.4 Å². The molecule has 2 aliphatic carbocycles. The van der Waals surface area contributed by atoms with E-state index < -0.39 is 10.9 Å². The highest BCUT2D eigenvalue weighted by molar-refractivity contribution is 5.89. The molecule has 3 rings (SSSR count). The van der Waals surface area contributed by atoms with Crippen molar-refractivity contribution >= 4 is 11.7 Å². The van der Waals surface area contributed by atoms with Crippen molar-refractivity contribution in [3.8, 4) is 0 Å². The number of carbonyl (C=O) groups is 1. The lowest BCUT2D eigenvalue weighted by molar-refractivity contribution is -0.384. The van der Waals surface area contributed by atoms with Gasteiger partial charge in [0.1, 0.15) is 6.10 Å². The van der Waals surface area contributed by atoms with Crippen LogP contribution in [0.5, 0.6) is 0 Å². The minimum absolute atomic E-state index is 0.0299. The summed E-state index contributed by atoms with van der Waals surface area (Å²) in [5, 5.41) is 10.6. The summed E-state index contributed by atoms with van der Waals surface area (Å²) in [4.78, 5) is 22.1. The number of nitro benzene ring substituents is 1. The number of hydrogen-bond donors (Lipinski definition) is 0. The Morgan fingerprint density at radius 3 is 2.65 bits per heavy atom. The van der Waals surface area contributed by atoms with Crippen molar-refractivity contribution in [2.75, 3.05) is 0 Å². The third kappa shape index (κ3) is 2.43. The third-order valence-electron chi connectivity index (χ3n) is 4.11. The van der Waals surface area contributed by atoms with Gasteiger partial charge in [-0.1, -0.05) is 6.08 Å². The van der Waals surface area contributed by atoms with E-state index in [4.69, 9.17) is 4.74 Å². The van der Waals surface area contributed by atoms with Crippen LogP contribution in [0.15, 0.2) is 36.4 Å². The zero-order chi connectivity index (χ0) is 14.1. The van der Waals surface area contributed by atoms with Crippen LogP contribution in [0.4, 0.5) is 5.69 Å². The van der Waals surface area contributed by atoms with Crippen LogP contribution < -0.4 is 0 Å². The molecule has 2 aliphatic rings. The minimum atomic E-state index is -0.488. The fourth-order valence-corrected chi connectivity index (χ4v) is 3.00. The molecule has 3 atom stereocenters. The van der Waals surface area contributed by atoms with Gasteiger partial charge in [-0.15, -0.1) is 0 Å². The Morgan fingerprint density at radius 1 is 1.20 bits per heavy atom. The number of non-ortho nitro benzene ring substituents is 1. The quantitative estimate of drug-likeness (QED) is 0.367.